The summed E-state index contributed by atoms with van der Waals surface area (Å²) in [5.74, 6) is 0.580. The van der Waals surface area contributed by atoms with E-state index in [4.69, 9.17) is 0 Å². The molecular weight excluding hydrogens is 260 g/mol. The maximum atomic E-state index is 12.0. The summed E-state index contributed by atoms with van der Waals surface area (Å²) in [4.78, 5) is 20.2. The van der Waals surface area contributed by atoms with Gasteiger partial charge in [-0.1, -0.05) is 18.2 Å². The second-order valence-corrected chi connectivity index (χ2v) is 5.07. The summed E-state index contributed by atoms with van der Waals surface area (Å²) in [6, 6.07) is 11.5. The number of thiophene rings is 1. The van der Waals surface area contributed by atoms with Gasteiger partial charge in [-0.2, -0.15) is 4.52 Å². The highest BCUT2D eigenvalue weighted by molar-refractivity contribution is 7.13. The summed E-state index contributed by atoms with van der Waals surface area (Å²) < 4.78 is 1.32. The summed E-state index contributed by atoms with van der Waals surface area (Å²) in [7, 11) is 0. The molecule has 0 unspecified atom stereocenters. The Balaban J connectivity index is 2.16. The minimum atomic E-state index is -0.274. The van der Waals surface area contributed by atoms with Crippen molar-refractivity contribution in [2.45, 2.75) is 0 Å². The van der Waals surface area contributed by atoms with Crippen LogP contribution in [0.5, 0.6) is 0 Å². The molecule has 0 amide bonds. The molecule has 1 N–H and O–H groups in total. The summed E-state index contributed by atoms with van der Waals surface area (Å²) in [6.45, 7) is 0. The Morgan fingerprint density at radius 3 is 2.89 bits per heavy atom. The lowest BCUT2D eigenvalue weighted by molar-refractivity contribution is 0.886. The smallest absolute Gasteiger partial charge is 0.305 e. The highest BCUT2D eigenvalue weighted by Gasteiger charge is 2.12. The second kappa shape index (κ2) is 3.76. The topological polar surface area (TPSA) is 63.0 Å². The Labute approximate surface area is 111 Å². The molecule has 1 aromatic carbocycles. The van der Waals surface area contributed by atoms with E-state index in [-0.39, 0.29) is 5.69 Å². The quantitative estimate of drug-likeness (QED) is 0.576. The number of fused-ring (bicyclic) bond motifs is 3. The standard InChI is InChI=1S/C13H8N4OS/c18-13-14-9-5-2-1-4-8(9)12-15-11(16-17(12)13)10-6-3-7-19-10/h1-7H,(H,14,18). The van der Waals surface area contributed by atoms with Crippen molar-refractivity contribution in [3.8, 4) is 10.7 Å². The molecule has 92 valence electrons. The van der Waals surface area contributed by atoms with Crippen LogP contribution in [0, 0.1) is 0 Å². The molecule has 0 saturated carbocycles. The highest BCUT2D eigenvalue weighted by Crippen LogP contribution is 2.23. The van der Waals surface area contributed by atoms with Crippen LogP contribution < -0.4 is 5.69 Å². The van der Waals surface area contributed by atoms with Gasteiger partial charge in [0, 0.05) is 5.39 Å². The van der Waals surface area contributed by atoms with E-state index in [0.29, 0.717) is 11.5 Å². The third-order valence-electron chi connectivity index (χ3n) is 2.95. The SMILES string of the molecule is O=c1[nH]c2ccccc2c2nc(-c3cccs3)nn12. The Hall–Kier alpha value is -2.47. The van der Waals surface area contributed by atoms with Gasteiger partial charge in [0.15, 0.2) is 11.5 Å². The van der Waals surface area contributed by atoms with Crippen molar-refractivity contribution in [3.05, 3.63) is 52.3 Å². The van der Waals surface area contributed by atoms with Gasteiger partial charge >= 0.3 is 5.69 Å². The van der Waals surface area contributed by atoms with Crippen LogP contribution in [0.4, 0.5) is 0 Å². The maximum Gasteiger partial charge on any atom is 0.348 e. The zero-order chi connectivity index (χ0) is 12.8. The molecule has 0 aliphatic heterocycles. The van der Waals surface area contributed by atoms with Crippen LogP contribution in [-0.2, 0) is 0 Å². The Morgan fingerprint density at radius 1 is 1.16 bits per heavy atom. The molecule has 4 aromatic rings. The Bertz CT molecular complexity index is 936. The lowest BCUT2D eigenvalue weighted by atomic mass is 10.2. The van der Waals surface area contributed by atoms with Gasteiger partial charge < -0.3 is 4.98 Å². The number of aromatic nitrogens is 4. The average molecular weight is 268 g/mol. The fourth-order valence-electron chi connectivity index (χ4n) is 2.09. The zero-order valence-electron chi connectivity index (χ0n) is 9.70. The van der Waals surface area contributed by atoms with Crippen molar-refractivity contribution in [2.24, 2.45) is 0 Å². The van der Waals surface area contributed by atoms with E-state index in [1.807, 2.05) is 41.8 Å². The number of H-pyrrole nitrogens is 1. The molecule has 0 saturated heterocycles. The van der Waals surface area contributed by atoms with E-state index >= 15 is 0 Å². The summed E-state index contributed by atoms with van der Waals surface area (Å²) in [5, 5.41) is 7.13. The van der Waals surface area contributed by atoms with E-state index in [0.717, 1.165) is 15.8 Å². The number of benzene rings is 1. The van der Waals surface area contributed by atoms with Gasteiger partial charge in [-0.05, 0) is 23.6 Å². The Morgan fingerprint density at radius 2 is 2.05 bits per heavy atom. The molecule has 0 spiro atoms. The number of rotatable bonds is 1. The molecule has 19 heavy (non-hydrogen) atoms. The molecule has 3 heterocycles. The molecule has 6 heteroatoms. The first kappa shape index (κ1) is 10.5. The fourth-order valence-corrected chi connectivity index (χ4v) is 2.75. The number of hydrogen-bond donors (Lipinski definition) is 1. The van der Waals surface area contributed by atoms with Crippen LogP contribution in [0.15, 0.2) is 46.6 Å². The largest absolute Gasteiger partial charge is 0.348 e. The van der Waals surface area contributed by atoms with Crippen LogP contribution in [0.25, 0.3) is 27.3 Å². The predicted octanol–water partition coefficient (Wildman–Crippen LogP) is 2.30. The van der Waals surface area contributed by atoms with Crippen LogP contribution in [-0.4, -0.2) is 19.6 Å². The summed E-state index contributed by atoms with van der Waals surface area (Å²) in [6.07, 6.45) is 0. The summed E-state index contributed by atoms with van der Waals surface area (Å²) >= 11 is 1.55. The molecule has 0 aliphatic rings. The van der Waals surface area contributed by atoms with Crippen molar-refractivity contribution in [1.82, 2.24) is 19.6 Å². The minimum absolute atomic E-state index is 0.274. The fraction of sp³-hybridized carbons (Fsp3) is 0. The molecular formula is C13H8N4OS. The normalized spacial score (nSPS) is 11.4. The second-order valence-electron chi connectivity index (χ2n) is 4.12. The lowest BCUT2D eigenvalue weighted by Gasteiger charge is -1.97. The molecule has 5 nitrogen and oxygen atoms in total. The number of aromatic amines is 1. The molecule has 0 bridgehead atoms. The molecule has 3 aromatic heterocycles. The minimum Gasteiger partial charge on any atom is -0.305 e. The first-order chi connectivity index (χ1) is 9.33. The van der Waals surface area contributed by atoms with Gasteiger partial charge in [0.25, 0.3) is 0 Å². The van der Waals surface area contributed by atoms with Gasteiger partial charge in [0.1, 0.15) is 0 Å². The highest BCUT2D eigenvalue weighted by atomic mass is 32.1. The van der Waals surface area contributed by atoms with Crippen LogP contribution >= 0.6 is 11.3 Å². The Kier molecular flexibility index (Phi) is 2.07. The molecule has 0 aliphatic carbocycles. The van der Waals surface area contributed by atoms with E-state index < -0.39 is 0 Å². The van der Waals surface area contributed by atoms with Crippen LogP contribution in [0.3, 0.4) is 0 Å². The van der Waals surface area contributed by atoms with Crippen LogP contribution in [0.1, 0.15) is 0 Å². The van der Waals surface area contributed by atoms with Crippen molar-refractivity contribution in [2.75, 3.05) is 0 Å². The summed E-state index contributed by atoms with van der Waals surface area (Å²) in [5.41, 5.74) is 1.08. The molecule has 0 fully saturated rings. The van der Waals surface area contributed by atoms with Gasteiger partial charge in [0.2, 0.25) is 0 Å². The molecule has 0 radical (unpaired) electrons. The van der Waals surface area contributed by atoms with Gasteiger partial charge in [-0.3, -0.25) is 0 Å². The number of nitrogens with one attached hydrogen (secondary N) is 1. The van der Waals surface area contributed by atoms with Gasteiger partial charge in [-0.15, -0.1) is 16.4 Å². The van der Waals surface area contributed by atoms with Crippen LogP contribution in [0.2, 0.25) is 0 Å². The first-order valence-electron chi connectivity index (χ1n) is 5.74. The van der Waals surface area contributed by atoms with Gasteiger partial charge in [0.05, 0.1) is 10.4 Å². The molecule has 0 atom stereocenters. The van der Waals surface area contributed by atoms with Gasteiger partial charge in [-0.25, -0.2) is 9.78 Å². The number of hydrogen-bond acceptors (Lipinski definition) is 4. The molecule has 4 rings (SSSR count). The average Bonchev–Trinajstić information content (AvgIpc) is 3.08. The van der Waals surface area contributed by atoms with Crippen molar-refractivity contribution in [3.63, 3.8) is 0 Å². The zero-order valence-corrected chi connectivity index (χ0v) is 10.5. The van der Waals surface area contributed by atoms with E-state index in [1.165, 1.54) is 4.52 Å². The number of nitrogens with zero attached hydrogens (tertiary/aromatic N) is 3. The lowest BCUT2D eigenvalue weighted by Crippen LogP contribution is -2.17. The van der Waals surface area contributed by atoms with E-state index in [9.17, 15) is 4.79 Å². The maximum absolute atomic E-state index is 12.0. The third-order valence-corrected chi connectivity index (χ3v) is 3.82. The number of para-hydroxylation sites is 1. The first-order valence-corrected chi connectivity index (χ1v) is 6.62. The van der Waals surface area contributed by atoms with Crippen molar-refractivity contribution < 1.29 is 0 Å². The van der Waals surface area contributed by atoms with E-state index in [1.54, 1.807) is 11.3 Å². The van der Waals surface area contributed by atoms with Crippen molar-refractivity contribution in [1.29, 1.82) is 0 Å². The third kappa shape index (κ3) is 1.50. The van der Waals surface area contributed by atoms with E-state index in [2.05, 4.69) is 15.1 Å². The predicted molar refractivity (Wildman–Crippen MR) is 74.4 cm³/mol. The monoisotopic (exact) mass is 268 g/mol. The van der Waals surface area contributed by atoms with Crippen molar-refractivity contribution >= 4 is 27.9 Å².